The number of benzene rings is 2. The molecule has 2 aliphatic heterocycles. The molecule has 0 radical (unpaired) electrons. The summed E-state index contributed by atoms with van der Waals surface area (Å²) < 4.78 is 0. The molecule has 132 valence electrons. The summed E-state index contributed by atoms with van der Waals surface area (Å²) in [5.74, 6) is 5.75. The van der Waals surface area contributed by atoms with Gasteiger partial charge in [0.05, 0.1) is 0 Å². The molecule has 2 heterocycles. The predicted molar refractivity (Wildman–Crippen MR) is 119 cm³/mol. The third-order valence-corrected chi connectivity index (χ3v) is 9.36. The van der Waals surface area contributed by atoms with Crippen LogP contribution in [0.4, 0.5) is 0 Å². The van der Waals surface area contributed by atoms with E-state index in [4.69, 9.17) is 0 Å². The summed E-state index contributed by atoms with van der Waals surface area (Å²) in [6.07, 6.45) is 1.15. The van der Waals surface area contributed by atoms with Gasteiger partial charge in [0.1, 0.15) is 0 Å². The zero-order chi connectivity index (χ0) is 17.1. The van der Waals surface area contributed by atoms with Gasteiger partial charge in [-0.25, -0.2) is 0 Å². The first-order valence-electron chi connectivity index (χ1n) is 9.00. The van der Waals surface area contributed by atoms with Crippen molar-refractivity contribution in [2.45, 2.75) is 39.6 Å². The second-order valence-electron chi connectivity index (χ2n) is 6.63. The van der Waals surface area contributed by atoms with Gasteiger partial charge in [0, 0.05) is 49.2 Å². The lowest BCUT2D eigenvalue weighted by Crippen LogP contribution is -1.99. The van der Waals surface area contributed by atoms with Gasteiger partial charge in [-0.2, -0.15) is 23.5 Å². The van der Waals surface area contributed by atoms with Crippen LogP contribution >= 0.6 is 47.0 Å². The van der Waals surface area contributed by atoms with Crippen molar-refractivity contribution in [3.63, 3.8) is 0 Å². The van der Waals surface area contributed by atoms with E-state index < -0.39 is 0 Å². The average Bonchev–Trinajstić information content (AvgIpc) is 3.56. The summed E-state index contributed by atoms with van der Waals surface area (Å²) in [5.41, 5.74) is 2.89. The first kappa shape index (κ1) is 18.2. The summed E-state index contributed by atoms with van der Waals surface area (Å²) in [6, 6.07) is 18.6. The highest BCUT2D eigenvalue weighted by Crippen LogP contribution is 2.37. The first-order valence-corrected chi connectivity index (χ1v) is 13.1. The molecule has 0 amide bonds. The van der Waals surface area contributed by atoms with Crippen LogP contribution in [-0.4, -0.2) is 33.5 Å². The molecule has 0 aromatic heterocycles. The second-order valence-corrected chi connectivity index (χ2v) is 11.5. The summed E-state index contributed by atoms with van der Waals surface area (Å²) in [7, 11) is 0. The third-order valence-electron chi connectivity index (χ3n) is 4.65. The number of hydrogen-bond donors (Lipinski definition) is 0. The molecule has 0 N–H and O–H groups in total. The van der Waals surface area contributed by atoms with Gasteiger partial charge in [0.25, 0.3) is 0 Å². The summed E-state index contributed by atoms with van der Waals surface area (Å²) in [6.45, 7) is 2.30. The highest BCUT2D eigenvalue weighted by atomic mass is 32.2. The van der Waals surface area contributed by atoms with Crippen molar-refractivity contribution in [3.8, 4) is 0 Å². The molecule has 2 saturated heterocycles. The van der Waals surface area contributed by atoms with Crippen molar-refractivity contribution in [1.29, 1.82) is 0 Å². The van der Waals surface area contributed by atoms with Crippen molar-refractivity contribution in [2.75, 3.05) is 23.0 Å². The fraction of sp³-hybridized carbons (Fsp3) is 0.429. The van der Waals surface area contributed by atoms with Crippen molar-refractivity contribution in [2.24, 2.45) is 0 Å². The van der Waals surface area contributed by atoms with Gasteiger partial charge in [-0.3, -0.25) is 0 Å². The maximum atomic E-state index is 2.34. The van der Waals surface area contributed by atoms with E-state index in [0.29, 0.717) is 5.92 Å². The Morgan fingerprint density at radius 2 is 1.20 bits per heavy atom. The van der Waals surface area contributed by atoms with E-state index in [9.17, 15) is 0 Å². The smallest absolute Gasteiger partial charge is 0.0232 e. The predicted octanol–water partition coefficient (Wildman–Crippen LogP) is 6.64. The van der Waals surface area contributed by atoms with Gasteiger partial charge in [0.15, 0.2) is 0 Å². The molecule has 2 aliphatic rings. The summed E-state index contributed by atoms with van der Waals surface area (Å²) in [5, 5.41) is 1.81. The SMILES string of the molecule is CCC(c1ccc(SCC2CS2)cc1)c1ccc(SCC2CS2)cc1. The number of hydrogen-bond acceptors (Lipinski definition) is 4. The van der Waals surface area contributed by atoms with E-state index in [-0.39, 0.29) is 0 Å². The lowest BCUT2D eigenvalue weighted by atomic mass is 9.89. The van der Waals surface area contributed by atoms with E-state index >= 15 is 0 Å². The Kier molecular flexibility index (Phi) is 6.33. The Balaban J connectivity index is 1.39. The minimum absolute atomic E-state index is 0.510. The largest absolute Gasteiger partial charge is 0.156 e. The molecule has 2 fully saturated rings. The number of thioether (sulfide) groups is 4. The van der Waals surface area contributed by atoms with Crippen LogP contribution < -0.4 is 0 Å². The van der Waals surface area contributed by atoms with Crippen molar-refractivity contribution in [1.82, 2.24) is 0 Å². The minimum atomic E-state index is 0.510. The van der Waals surface area contributed by atoms with E-state index in [2.05, 4.69) is 79.0 Å². The Bertz CT molecular complexity index is 613. The van der Waals surface area contributed by atoms with Crippen LogP contribution in [0.25, 0.3) is 0 Å². The molecule has 0 aliphatic carbocycles. The van der Waals surface area contributed by atoms with Crippen molar-refractivity contribution < 1.29 is 0 Å². The Morgan fingerprint density at radius 1 is 0.800 bits per heavy atom. The molecule has 0 spiro atoms. The minimum Gasteiger partial charge on any atom is -0.156 e. The number of rotatable bonds is 9. The van der Waals surface area contributed by atoms with Gasteiger partial charge in [-0.05, 0) is 41.8 Å². The fourth-order valence-corrected chi connectivity index (χ4v) is 6.60. The summed E-state index contributed by atoms with van der Waals surface area (Å²) >= 11 is 8.17. The highest BCUT2D eigenvalue weighted by molar-refractivity contribution is 8.09. The van der Waals surface area contributed by atoms with Crippen LogP contribution in [0.15, 0.2) is 58.3 Å². The highest BCUT2D eigenvalue weighted by Gasteiger charge is 2.23. The molecule has 0 bridgehead atoms. The first-order chi connectivity index (χ1) is 12.3. The van der Waals surface area contributed by atoms with Gasteiger partial charge < -0.3 is 0 Å². The molecule has 0 saturated carbocycles. The molecule has 25 heavy (non-hydrogen) atoms. The van der Waals surface area contributed by atoms with Crippen molar-refractivity contribution >= 4 is 47.0 Å². The molecule has 0 nitrogen and oxygen atoms in total. The zero-order valence-corrected chi connectivity index (χ0v) is 17.8. The lowest BCUT2D eigenvalue weighted by molar-refractivity contribution is 0.775. The standard InChI is InChI=1S/C21H24S4/c1-2-21(15-3-7-17(8-4-15)22-11-19-13-24-19)16-5-9-18(10-6-16)23-12-20-14-25-20/h3-10,19-21H,2,11-14H2,1H3. The molecule has 2 aromatic carbocycles. The molecular weight excluding hydrogens is 380 g/mol. The van der Waals surface area contributed by atoms with Gasteiger partial charge in [-0.15, -0.1) is 23.5 Å². The van der Waals surface area contributed by atoms with Crippen molar-refractivity contribution in [3.05, 3.63) is 59.7 Å². The summed E-state index contributed by atoms with van der Waals surface area (Å²) in [4.78, 5) is 2.83. The van der Waals surface area contributed by atoms with E-state index in [1.807, 2.05) is 23.5 Å². The zero-order valence-electron chi connectivity index (χ0n) is 14.5. The van der Waals surface area contributed by atoms with Crippen LogP contribution in [0, 0.1) is 0 Å². The van der Waals surface area contributed by atoms with Crippen LogP contribution in [0.2, 0.25) is 0 Å². The van der Waals surface area contributed by atoms with Gasteiger partial charge >= 0.3 is 0 Å². The molecular formula is C21H24S4. The lowest BCUT2D eigenvalue weighted by Gasteiger charge is -2.17. The van der Waals surface area contributed by atoms with Crippen LogP contribution in [0.3, 0.4) is 0 Å². The maximum absolute atomic E-state index is 2.34. The van der Waals surface area contributed by atoms with Crippen LogP contribution in [0.1, 0.15) is 30.4 Å². The quantitative estimate of drug-likeness (QED) is 0.339. The Hall–Kier alpha value is -0.160. The maximum Gasteiger partial charge on any atom is 0.0232 e. The van der Waals surface area contributed by atoms with E-state index in [0.717, 1.165) is 16.9 Å². The molecule has 2 aromatic rings. The van der Waals surface area contributed by atoms with E-state index in [1.54, 1.807) is 0 Å². The normalized spacial score (nSPS) is 22.6. The van der Waals surface area contributed by atoms with Gasteiger partial charge in [-0.1, -0.05) is 31.2 Å². The molecule has 4 heteroatoms. The van der Waals surface area contributed by atoms with Crippen LogP contribution in [-0.2, 0) is 0 Å². The topological polar surface area (TPSA) is 0 Å². The molecule has 2 atom stereocenters. The van der Waals surface area contributed by atoms with Gasteiger partial charge in [0.2, 0.25) is 0 Å². The Morgan fingerprint density at radius 3 is 1.52 bits per heavy atom. The molecule has 4 rings (SSSR count). The Labute approximate surface area is 168 Å². The monoisotopic (exact) mass is 404 g/mol. The fourth-order valence-electron chi connectivity index (χ4n) is 2.96. The van der Waals surface area contributed by atoms with E-state index in [1.165, 1.54) is 43.9 Å². The third kappa shape index (κ3) is 5.41. The molecule has 2 unspecified atom stereocenters. The van der Waals surface area contributed by atoms with Crippen LogP contribution in [0.5, 0.6) is 0 Å². The average molecular weight is 405 g/mol. The second kappa shape index (κ2) is 8.69.